The smallest absolute Gasteiger partial charge is 0.338 e. The van der Waals surface area contributed by atoms with Crippen LogP contribution in [0.15, 0.2) is 42.5 Å². The second-order valence-electron chi connectivity index (χ2n) is 8.53. The number of anilines is 1. The Bertz CT molecular complexity index is 953. The predicted molar refractivity (Wildman–Crippen MR) is 118 cm³/mol. The minimum Gasteiger partial charge on any atom is -0.465 e. The van der Waals surface area contributed by atoms with Gasteiger partial charge in [0.05, 0.1) is 18.3 Å². The van der Waals surface area contributed by atoms with Crippen molar-refractivity contribution in [1.82, 2.24) is 4.90 Å². The van der Waals surface area contributed by atoms with E-state index in [0.717, 1.165) is 0 Å². The molecular weight excluding hydrogens is 415 g/mol. The van der Waals surface area contributed by atoms with Gasteiger partial charge in [0, 0.05) is 24.8 Å². The third-order valence-electron chi connectivity index (χ3n) is 5.40. The summed E-state index contributed by atoms with van der Waals surface area (Å²) in [5, 5.41) is 13.5. The van der Waals surface area contributed by atoms with Gasteiger partial charge in [-0.15, -0.1) is 0 Å². The quantitative estimate of drug-likeness (QED) is 0.625. The predicted octanol–water partition coefficient (Wildman–Crippen LogP) is 4.81. The molecule has 172 valence electrons. The lowest BCUT2D eigenvalue weighted by molar-refractivity contribution is -0.0268. The molecule has 3 rings (SSSR count). The van der Waals surface area contributed by atoms with E-state index in [1.165, 1.54) is 43.5 Å². The molecule has 0 unspecified atom stereocenters. The van der Waals surface area contributed by atoms with Gasteiger partial charge in [0.25, 0.3) is 0 Å². The molecule has 0 saturated carbocycles. The standard InChI is InChI=1S/C24H29FN2O5/c1-16(2)15-24(30)8-10-27(11-9-24)23(29)26-19-12-17(22(28)31-3)13-21(14-19)32-20-6-4-18(25)5-7-20/h4-7,12-14,16,30H,8-11,15H2,1-3H3,(H,26,29). The third-order valence-corrected chi connectivity index (χ3v) is 5.40. The molecule has 2 amide bonds. The van der Waals surface area contributed by atoms with E-state index in [-0.39, 0.29) is 11.6 Å². The van der Waals surface area contributed by atoms with Gasteiger partial charge in [0.2, 0.25) is 0 Å². The molecule has 32 heavy (non-hydrogen) atoms. The topological polar surface area (TPSA) is 88.1 Å². The molecule has 2 aromatic carbocycles. The number of ether oxygens (including phenoxy) is 2. The second-order valence-corrected chi connectivity index (χ2v) is 8.53. The highest BCUT2D eigenvalue weighted by Gasteiger charge is 2.34. The molecule has 1 aliphatic rings. The summed E-state index contributed by atoms with van der Waals surface area (Å²) in [7, 11) is 1.26. The van der Waals surface area contributed by atoms with Crippen molar-refractivity contribution in [2.75, 3.05) is 25.5 Å². The van der Waals surface area contributed by atoms with E-state index in [1.807, 2.05) is 0 Å². The summed E-state index contributed by atoms with van der Waals surface area (Å²) < 4.78 is 23.7. The van der Waals surface area contributed by atoms with E-state index in [1.54, 1.807) is 11.0 Å². The van der Waals surface area contributed by atoms with Gasteiger partial charge in [-0.1, -0.05) is 13.8 Å². The van der Waals surface area contributed by atoms with Gasteiger partial charge in [-0.3, -0.25) is 0 Å². The summed E-state index contributed by atoms with van der Waals surface area (Å²) in [6.45, 7) is 5.00. The van der Waals surface area contributed by atoms with Gasteiger partial charge in [-0.05, 0) is 61.6 Å². The van der Waals surface area contributed by atoms with E-state index in [9.17, 15) is 19.1 Å². The summed E-state index contributed by atoms with van der Waals surface area (Å²) in [4.78, 5) is 26.5. The van der Waals surface area contributed by atoms with Gasteiger partial charge in [0.1, 0.15) is 17.3 Å². The van der Waals surface area contributed by atoms with Crippen molar-refractivity contribution >= 4 is 17.7 Å². The number of halogens is 1. The van der Waals surface area contributed by atoms with E-state index < -0.39 is 17.4 Å². The number of hydrogen-bond donors (Lipinski definition) is 2. The van der Waals surface area contributed by atoms with Gasteiger partial charge < -0.3 is 24.8 Å². The van der Waals surface area contributed by atoms with Crippen LogP contribution >= 0.6 is 0 Å². The van der Waals surface area contributed by atoms with Crippen molar-refractivity contribution < 1.29 is 28.6 Å². The normalized spacial score (nSPS) is 15.4. The van der Waals surface area contributed by atoms with Crippen molar-refractivity contribution in [2.45, 2.75) is 38.7 Å². The number of hydrogen-bond acceptors (Lipinski definition) is 5. The van der Waals surface area contributed by atoms with Crippen LogP contribution < -0.4 is 10.1 Å². The van der Waals surface area contributed by atoms with Crippen LogP contribution in [0.2, 0.25) is 0 Å². The Morgan fingerprint density at radius 2 is 1.78 bits per heavy atom. The van der Waals surface area contributed by atoms with Crippen molar-refractivity contribution in [3.63, 3.8) is 0 Å². The molecule has 0 atom stereocenters. The molecule has 1 heterocycles. The van der Waals surface area contributed by atoms with E-state index in [4.69, 9.17) is 9.47 Å². The highest BCUT2D eigenvalue weighted by atomic mass is 19.1. The number of amides is 2. The minimum absolute atomic E-state index is 0.201. The van der Waals surface area contributed by atoms with E-state index >= 15 is 0 Å². The number of urea groups is 1. The average molecular weight is 445 g/mol. The fourth-order valence-electron chi connectivity index (χ4n) is 3.90. The molecular formula is C24H29FN2O5. The summed E-state index contributed by atoms with van der Waals surface area (Å²) in [6, 6.07) is 9.68. The number of carbonyl (C=O) groups excluding carboxylic acids is 2. The molecule has 0 aromatic heterocycles. The van der Waals surface area contributed by atoms with Crippen LogP contribution in [0.4, 0.5) is 14.9 Å². The lowest BCUT2D eigenvalue weighted by Crippen LogP contribution is -2.48. The third kappa shape index (κ3) is 6.20. The fourth-order valence-corrected chi connectivity index (χ4v) is 3.90. The molecule has 0 spiro atoms. The summed E-state index contributed by atoms with van der Waals surface area (Å²) >= 11 is 0. The van der Waals surface area contributed by atoms with Crippen LogP contribution in [0.5, 0.6) is 11.5 Å². The number of methoxy groups -OCH3 is 1. The maximum Gasteiger partial charge on any atom is 0.338 e. The Labute approximate surface area is 187 Å². The van der Waals surface area contributed by atoms with Gasteiger partial charge >= 0.3 is 12.0 Å². The first kappa shape index (κ1) is 23.5. The minimum atomic E-state index is -0.744. The highest BCUT2D eigenvalue weighted by Crippen LogP contribution is 2.30. The maximum absolute atomic E-state index is 13.2. The summed E-state index contributed by atoms with van der Waals surface area (Å²) in [6.07, 6.45) is 1.73. The Balaban J connectivity index is 1.73. The lowest BCUT2D eigenvalue weighted by Gasteiger charge is -2.39. The zero-order valence-corrected chi connectivity index (χ0v) is 18.6. The number of nitrogens with zero attached hydrogens (tertiary/aromatic N) is 1. The van der Waals surface area contributed by atoms with Gasteiger partial charge in [0.15, 0.2) is 0 Å². The number of likely N-dealkylation sites (tertiary alicyclic amines) is 1. The van der Waals surface area contributed by atoms with Crippen LogP contribution in [-0.2, 0) is 4.74 Å². The number of rotatable bonds is 6. The molecule has 0 bridgehead atoms. The average Bonchev–Trinajstić information content (AvgIpc) is 2.74. The van der Waals surface area contributed by atoms with Gasteiger partial charge in [-0.25, -0.2) is 14.0 Å². The largest absolute Gasteiger partial charge is 0.465 e. The molecule has 1 fully saturated rings. The fraction of sp³-hybridized carbons (Fsp3) is 0.417. The van der Waals surface area contributed by atoms with E-state index in [2.05, 4.69) is 19.2 Å². The Hall–Kier alpha value is -3.13. The molecule has 2 aromatic rings. The molecule has 0 radical (unpaired) electrons. The molecule has 1 saturated heterocycles. The van der Waals surface area contributed by atoms with Crippen LogP contribution in [-0.4, -0.2) is 47.8 Å². The van der Waals surface area contributed by atoms with Crippen LogP contribution in [0.3, 0.4) is 0 Å². The number of piperidine rings is 1. The number of nitrogens with one attached hydrogen (secondary N) is 1. The highest BCUT2D eigenvalue weighted by molar-refractivity contribution is 5.94. The van der Waals surface area contributed by atoms with Crippen LogP contribution in [0.1, 0.15) is 43.5 Å². The number of carbonyl (C=O) groups is 2. The zero-order valence-electron chi connectivity index (χ0n) is 18.6. The number of aliphatic hydroxyl groups is 1. The lowest BCUT2D eigenvalue weighted by atomic mass is 9.84. The molecule has 7 nitrogen and oxygen atoms in total. The Morgan fingerprint density at radius 1 is 1.12 bits per heavy atom. The maximum atomic E-state index is 13.2. The first-order chi connectivity index (χ1) is 15.2. The van der Waals surface area contributed by atoms with Crippen molar-refractivity contribution in [3.05, 3.63) is 53.8 Å². The summed E-state index contributed by atoms with van der Waals surface area (Å²) in [5.41, 5.74) is -0.184. The first-order valence-electron chi connectivity index (χ1n) is 10.6. The SMILES string of the molecule is COC(=O)c1cc(NC(=O)N2CCC(O)(CC(C)C)CC2)cc(Oc2ccc(F)cc2)c1. The van der Waals surface area contributed by atoms with Crippen molar-refractivity contribution in [3.8, 4) is 11.5 Å². The van der Waals surface area contributed by atoms with Crippen LogP contribution in [0.25, 0.3) is 0 Å². The van der Waals surface area contributed by atoms with Crippen LogP contribution in [0, 0.1) is 11.7 Å². The molecule has 2 N–H and O–H groups in total. The first-order valence-corrected chi connectivity index (χ1v) is 10.6. The zero-order chi connectivity index (χ0) is 23.3. The van der Waals surface area contributed by atoms with E-state index in [0.29, 0.717) is 55.5 Å². The number of esters is 1. The molecule has 1 aliphatic heterocycles. The Morgan fingerprint density at radius 3 is 2.38 bits per heavy atom. The molecule has 8 heteroatoms. The van der Waals surface area contributed by atoms with Crippen molar-refractivity contribution in [2.24, 2.45) is 5.92 Å². The monoisotopic (exact) mass is 444 g/mol. The summed E-state index contributed by atoms with van der Waals surface area (Å²) in [5.74, 6) is 0.0732. The Kier molecular flexibility index (Phi) is 7.35. The molecule has 0 aliphatic carbocycles. The number of benzene rings is 2. The second kappa shape index (κ2) is 9.99. The van der Waals surface area contributed by atoms with Gasteiger partial charge in [-0.2, -0.15) is 0 Å². The van der Waals surface area contributed by atoms with Crippen molar-refractivity contribution in [1.29, 1.82) is 0 Å².